The zero-order valence-electron chi connectivity index (χ0n) is 9.12. The predicted molar refractivity (Wildman–Crippen MR) is 58.4 cm³/mol. The van der Waals surface area contributed by atoms with E-state index in [1.54, 1.807) is 0 Å². The normalized spacial score (nSPS) is 15.9. The van der Waals surface area contributed by atoms with E-state index < -0.39 is 20.8 Å². The van der Waals surface area contributed by atoms with Gasteiger partial charge in [-0.1, -0.05) is 9.05 Å². The molecule has 0 fully saturated rings. The van der Waals surface area contributed by atoms with E-state index in [4.69, 9.17) is 11.5 Å². The van der Waals surface area contributed by atoms with Crippen LogP contribution in [0.3, 0.4) is 0 Å². The topological polar surface area (TPSA) is 128 Å². The monoisotopic (exact) mass is 255 g/mol. The van der Waals surface area contributed by atoms with Crippen molar-refractivity contribution >= 4 is 8.25 Å². The van der Waals surface area contributed by atoms with Crippen molar-refractivity contribution in [2.75, 3.05) is 13.1 Å². The van der Waals surface area contributed by atoms with Crippen LogP contribution in [0.1, 0.15) is 25.7 Å². The summed E-state index contributed by atoms with van der Waals surface area (Å²) in [6.45, 7) is 0.828. The lowest BCUT2D eigenvalue weighted by molar-refractivity contribution is -0.0641. The number of rotatable bonds is 10. The van der Waals surface area contributed by atoms with Crippen molar-refractivity contribution in [3.63, 3.8) is 0 Å². The molecule has 0 aromatic rings. The second-order valence-corrected chi connectivity index (χ2v) is 4.07. The van der Waals surface area contributed by atoms with Crippen molar-refractivity contribution in [3.8, 4) is 0 Å². The summed E-state index contributed by atoms with van der Waals surface area (Å²) < 4.78 is 20.3. The third-order valence-electron chi connectivity index (χ3n) is 1.73. The summed E-state index contributed by atoms with van der Waals surface area (Å²) >= 11 is 0. The van der Waals surface area contributed by atoms with E-state index in [0.29, 0.717) is 25.9 Å². The molecule has 2 unspecified atom stereocenters. The largest absolute Gasteiger partial charge is 0.702 e. The molecule has 8 heteroatoms. The van der Waals surface area contributed by atoms with Crippen LogP contribution < -0.4 is 11.5 Å². The Bertz CT molecular complexity index is 177. The van der Waals surface area contributed by atoms with Crippen LogP contribution in [0.25, 0.3) is 0 Å². The Kier molecular flexibility index (Phi) is 9.95. The van der Waals surface area contributed by atoms with E-state index in [2.05, 4.69) is 9.05 Å². The van der Waals surface area contributed by atoms with Gasteiger partial charge in [0, 0.05) is 17.4 Å². The Morgan fingerprint density at radius 2 is 1.38 bits per heavy atom. The number of aliphatic hydroxyl groups excluding tert-OH is 2. The molecule has 0 heterocycles. The van der Waals surface area contributed by atoms with E-state index in [9.17, 15) is 14.8 Å². The zero-order chi connectivity index (χ0) is 12.4. The molecule has 0 radical (unpaired) electrons. The molecule has 0 saturated carbocycles. The smallest absolute Gasteiger partial charge is 0.364 e. The second-order valence-electron chi connectivity index (χ2n) is 3.21. The van der Waals surface area contributed by atoms with E-state index in [1.165, 1.54) is 0 Å². The van der Waals surface area contributed by atoms with Crippen LogP contribution in [0.4, 0.5) is 0 Å². The Balaban J connectivity index is 3.63. The summed E-state index contributed by atoms with van der Waals surface area (Å²) in [6.07, 6.45) is -0.706. The molecular weight excluding hydrogens is 235 g/mol. The van der Waals surface area contributed by atoms with Crippen LogP contribution in [0.5, 0.6) is 0 Å². The molecule has 0 aromatic heterocycles. The van der Waals surface area contributed by atoms with Gasteiger partial charge in [0.15, 0.2) is 0 Å². The van der Waals surface area contributed by atoms with Gasteiger partial charge in [0.05, 0.1) is 0 Å². The highest BCUT2D eigenvalue weighted by atomic mass is 31.1. The van der Waals surface area contributed by atoms with Crippen molar-refractivity contribution in [2.24, 2.45) is 11.5 Å². The first kappa shape index (κ1) is 15.9. The highest BCUT2D eigenvalue weighted by Gasteiger charge is 2.29. The van der Waals surface area contributed by atoms with Crippen molar-refractivity contribution in [1.29, 1.82) is 0 Å². The molecule has 0 amide bonds. The third-order valence-corrected chi connectivity index (χ3v) is 2.56. The third kappa shape index (κ3) is 9.11. The van der Waals surface area contributed by atoms with Gasteiger partial charge in [0.25, 0.3) is 0 Å². The summed E-state index contributed by atoms with van der Waals surface area (Å²) in [7, 11) is -2.52. The number of aliphatic hydroxyl groups is 2. The molecule has 0 rings (SSSR count). The summed E-state index contributed by atoms with van der Waals surface area (Å²) in [5, 5.41) is 18.4. The molecule has 16 heavy (non-hydrogen) atoms. The fourth-order valence-corrected chi connectivity index (χ4v) is 1.57. The van der Waals surface area contributed by atoms with Crippen LogP contribution in [0.15, 0.2) is 0 Å². The molecule has 0 aliphatic rings. The molecule has 7 nitrogen and oxygen atoms in total. The van der Waals surface area contributed by atoms with Gasteiger partial charge in [-0.25, -0.2) is 0 Å². The fraction of sp³-hybridized carbons (Fsp3) is 1.00. The van der Waals surface area contributed by atoms with Gasteiger partial charge in [-0.2, -0.15) is 0 Å². The minimum atomic E-state index is -2.52. The number of hydrogen-bond donors (Lipinski definition) is 4. The minimum Gasteiger partial charge on any atom is -0.364 e. The molecule has 0 aliphatic heterocycles. The van der Waals surface area contributed by atoms with E-state index in [1.807, 2.05) is 0 Å². The average Bonchev–Trinajstić information content (AvgIpc) is 2.23. The molecular formula is C8H20N2O5P+. The highest BCUT2D eigenvalue weighted by Crippen LogP contribution is 2.28. The molecule has 6 N–H and O–H groups in total. The maximum atomic E-state index is 11.1. The SMILES string of the molecule is NCCCC(O)O[P+](=O)OC(O)CCCN. The molecule has 0 aliphatic carbocycles. The van der Waals surface area contributed by atoms with Crippen molar-refractivity contribution in [1.82, 2.24) is 0 Å². The Morgan fingerprint density at radius 1 is 1.00 bits per heavy atom. The van der Waals surface area contributed by atoms with E-state index >= 15 is 0 Å². The van der Waals surface area contributed by atoms with Crippen molar-refractivity contribution in [2.45, 2.75) is 38.3 Å². The van der Waals surface area contributed by atoms with Gasteiger partial charge in [0.2, 0.25) is 12.6 Å². The summed E-state index contributed by atoms with van der Waals surface area (Å²) in [5.74, 6) is 0. The first-order valence-electron chi connectivity index (χ1n) is 5.17. The first-order valence-corrected chi connectivity index (χ1v) is 6.26. The Labute approximate surface area is 95.7 Å². The van der Waals surface area contributed by atoms with E-state index in [-0.39, 0.29) is 12.8 Å². The lowest BCUT2D eigenvalue weighted by Gasteiger charge is -2.04. The van der Waals surface area contributed by atoms with Gasteiger partial charge in [-0.15, -0.1) is 0 Å². The number of hydrogen-bond acceptors (Lipinski definition) is 7. The van der Waals surface area contributed by atoms with Crippen molar-refractivity contribution < 1.29 is 23.8 Å². The molecule has 0 spiro atoms. The zero-order valence-corrected chi connectivity index (χ0v) is 10.0. The quantitative estimate of drug-likeness (QED) is 0.314. The molecule has 0 bridgehead atoms. The van der Waals surface area contributed by atoms with Crippen LogP contribution in [0.2, 0.25) is 0 Å². The van der Waals surface area contributed by atoms with E-state index in [0.717, 1.165) is 0 Å². The van der Waals surface area contributed by atoms with Gasteiger partial charge in [0.1, 0.15) is 0 Å². The maximum absolute atomic E-state index is 11.1. The minimum absolute atomic E-state index is 0.278. The standard InChI is InChI=1S/C8H20N2O5P/c9-5-1-3-7(11)14-16(13)15-8(12)4-2-6-10/h7-8,11-12H,1-6,9-10H2/q+1. The predicted octanol–water partition coefficient (Wildman–Crippen LogP) is -0.208. The maximum Gasteiger partial charge on any atom is 0.702 e. The van der Waals surface area contributed by atoms with Crippen LogP contribution in [-0.4, -0.2) is 35.9 Å². The highest BCUT2D eigenvalue weighted by molar-refractivity contribution is 7.33. The lowest BCUT2D eigenvalue weighted by atomic mass is 10.3. The van der Waals surface area contributed by atoms with Crippen LogP contribution >= 0.6 is 8.25 Å². The first-order chi connectivity index (χ1) is 7.60. The van der Waals surface area contributed by atoms with Gasteiger partial charge >= 0.3 is 8.25 Å². The Hall–Kier alpha value is -0.140. The Morgan fingerprint density at radius 3 is 1.69 bits per heavy atom. The summed E-state index contributed by atoms with van der Waals surface area (Å²) in [4.78, 5) is 0. The number of nitrogens with two attached hydrogens (primary N) is 2. The van der Waals surface area contributed by atoms with Gasteiger partial charge in [-0.05, 0) is 25.9 Å². The van der Waals surface area contributed by atoms with Crippen LogP contribution in [0, 0.1) is 0 Å². The average molecular weight is 255 g/mol. The summed E-state index contributed by atoms with van der Waals surface area (Å²) in [5.41, 5.74) is 10.4. The van der Waals surface area contributed by atoms with Crippen LogP contribution in [-0.2, 0) is 13.6 Å². The van der Waals surface area contributed by atoms with Gasteiger partial charge in [-0.3, -0.25) is 0 Å². The lowest BCUT2D eigenvalue weighted by Crippen LogP contribution is -2.14. The fourth-order valence-electron chi connectivity index (χ4n) is 0.914. The second kappa shape index (κ2) is 10.0. The van der Waals surface area contributed by atoms with Gasteiger partial charge < -0.3 is 21.7 Å². The summed E-state index contributed by atoms with van der Waals surface area (Å²) in [6, 6.07) is 0. The molecule has 0 saturated heterocycles. The molecule has 2 atom stereocenters. The molecule has 96 valence electrons. The van der Waals surface area contributed by atoms with Crippen molar-refractivity contribution in [3.05, 3.63) is 0 Å². The molecule has 0 aromatic carbocycles.